The van der Waals surface area contributed by atoms with Crippen molar-refractivity contribution in [1.82, 2.24) is 40.2 Å². The van der Waals surface area contributed by atoms with Crippen molar-refractivity contribution in [3.8, 4) is 22.8 Å². The lowest BCUT2D eigenvalue weighted by atomic mass is 9.92. The summed E-state index contributed by atoms with van der Waals surface area (Å²) in [6.45, 7) is 2.91. The maximum Gasteiger partial charge on any atom is 0.410 e. The summed E-state index contributed by atoms with van der Waals surface area (Å²) in [4.78, 5) is 17.3. The number of nitrogen functional groups attached to an aromatic ring is 1. The minimum atomic E-state index is -4.55. The summed E-state index contributed by atoms with van der Waals surface area (Å²) in [6, 6.07) is -1.94. The Bertz CT molecular complexity index is 1400. The minimum absolute atomic E-state index is 0.000259. The van der Waals surface area contributed by atoms with Crippen molar-refractivity contribution in [2.24, 2.45) is 0 Å². The molecule has 36 heavy (non-hydrogen) atoms. The molecular weight excluding hydrogens is 475 g/mol. The maximum atomic E-state index is 13.6. The summed E-state index contributed by atoms with van der Waals surface area (Å²) in [6.07, 6.45) is 4.04. The standard InChI is InChI=1S/C23H24F3N9O/c1-11(23(24,25)26)35-22-16(20(27)31-10-32-22)17(33-35)18-15(19(36-34-18)13-2-3-13)21-29-8-14(9-30-21)12-4-6-28-7-5-12/h8-13,28H,2-7H2,1H3,(H2,27,31,32). The first-order valence-electron chi connectivity index (χ1n) is 11.9. The van der Waals surface area contributed by atoms with E-state index in [1.165, 1.54) is 0 Å². The third-order valence-corrected chi connectivity index (χ3v) is 6.96. The van der Waals surface area contributed by atoms with Gasteiger partial charge in [-0.1, -0.05) is 5.16 Å². The van der Waals surface area contributed by atoms with Gasteiger partial charge in [0.2, 0.25) is 0 Å². The van der Waals surface area contributed by atoms with E-state index < -0.39 is 12.2 Å². The van der Waals surface area contributed by atoms with Crippen LogP contribution in [0.2, 0.25) is 0 Å². The number of alkyl halides is 3. The fraction of sp³-hybridized carbons (Fsp3) is 0.478. The lowest BCUT2D eigenvalue weighted by Gasteiger charge is -2.22. The monoisotopic (exact) mass is 499 g/mol. The largest absolute Gasteiger partial charge is 0.410 e. The van der Waals surface area contributed by atoms with E-state index in [0.29, 0.717) is 23.1 Å². The van der Waals surface area contributed by atoms with Crippen molar-refractivity contribution < 1.29 is 17.7 Å². The maximum absolute atomic E-state index is 13.6. The van der Waals surface area contributed by atoms with Gasteiger partial charge in [-0.3, -0.25) is 0 Å². The highest BCUT2D eigenvalue weighted by Crippen LogP contribution is 2.48. The number of nitrogens with zero attached hydrogens (tertiary/aromatic N) is 7. The first-order chi connectivity index (χ1) is 17.3. The van der Waals surface area contributed by atoms with Crippen molar-refractivity contribution in [1.29, 1.82) is 0 Å². The molecule has 4 aromatic heterocycles. The molecule has 0 radical (unpaired) electrons. The average molecular weight is 500 g/mol. The van der Waals surface area contributed by atoms with E-state index in [4.69, 9.17) is 10.3 Å². The quantitative estimate of drug-likeness (QED) is 0.418. The molecule has 3 N–H and O–H groups in total. The van der Waals surface area contributed by atoms with Crippen molar-refractivity contribution in [3.63, 3.8) is 0 Å². The summed E-state index contributed by atoms with van der Waals surface area (Å²) in [7, 11) is 0. The minimum Gasteiger partial charge on any atom is -0.383 e. The van der Waals surface area contributed by atoms with Crippen LogP contribution in [0.5, 0.6) is 0 Å². The number of piperidine rings is 1. The van der Waals surface area contributed by atoms with Crippen LogP contribution in [0.25, 0.3) is 33.8 Å². The fourth-order valence-corrected chi connectivity index (χ4v) is 4.71. The Morgan fingerprint density at radius 1 is 1.03 bits per heavy atom. The number of rotatable bonds is 5. The molecule has 10 nitrogen and oxygen atoms in total. The predicted octanol–water partition coefficient (Wildman–Crippen LogP) is 3.99. The molecule has 1 atom stereocenters. The van der Waals surface area contributed by atoms with E-state index in [-0.39, 0.29) is 34.2 Å². The molecule has 4 aromatic rings. The van der Waals surface area contributed by atoms with Crippen molar-refractivity contribution >= 4 is 16.9 Å². The second-order valence-corrected chi connectivity index (χ2v) is 9.38. The van der Waals surface area contributed by atoms with Gasteiger partial charge in [0.1, 0.15) is 29.6 Å². The Balaban J connectivity index is 1.50. The lowest BCUT2D eigenvalue weighted by molar-refractivity contribution is -0.164. The fourth-order valence-electron chi connectivity index (χ4n) is 4.71. The SMILES string of the molecule is CC(n1nc(-c2noc(C3CC3)c2-c2ncc(C3CCNCC3)cn2)c2c(N)ncnc21)C(F)(F)F. The molecule has 5 heterocycles. The first kappa shape index (κ1) is 22.8. The molecule has 1 unspecified atom stereocenters. The number of aromatic nitrogens is 7. The Morgan fingerprint density at radius 3 is 2.42 bits per heavy atom. The highest BCUT2D eigenvalue weighted by Gasteiger charge is 2.41. The zero-order valence-corrected chi connectivity index (χ0v) is 19.5. The van der Waals surface area contributed by atoms with Crippen LogP contribution in [-0.2, 0) is 0 Å². The van der Waals surface area contributed by atoms with Gasteiger partial charge in [0, 0.05) is 18.3 Å². The summed E-state index contributed by atoms with van der Waals surface area (Å²) in [5, 5.41) is 12.0. The molecule has 2 fully saturated rings. The first-order valence-corrected chi connectivity index (χ1v) is 11.9. The predicted molar refractivity (Wildman–Crippen MR) is 124 cm³/mol. The van der Waals surface area contributed by atoms with Gasteiger partial charge < -0.3 is 15.6 Å². The van der Waals surface area contributed by atoms with Crippen LogP contribution in [0, 0.1) is 0 Å². The molecule has 0 aromatic carbocycles. The molecule has 1 aliphatic carbocycles. The highest BCUT2D eigenvalue weighted by molar-refractivity contribution is 6.00. The third kappa shape index (κ3) is 3.87. The zero-order valence-electron chi connectivity index (χ0n) is 19.5. The topological polar surface area (TPSA) is 133 Å². The van der Waals surface area contributed by atoms with Crippen molar-refractivity contribution in [2.45, 2.75) is 56.7 Å². The molecule has 0 amide bonds. The van der Waals surface area contributed by atoms with Gasteiger partial charge >= 0.3 is 6.18 Å². The van der Waals surface area contributed by atoms with Gasteiger partial charge in [-0.2, -0.15) is 18.3 Å². The lowest BCUT2D eigenvalue weighted by Crippen LogP contribution is -2.26. The normalized spacial score (nSPS) is 18.1. The van der Waals surface area contributed by atoms with E-state index in [2.05, 4.69) is 35.5 Å². The number of hydrogen-bond donors (Lipinski definition) is 2. The van der Waals surface area contributed by atoms with Crippen LogP contribution in [0.3, 0.4) is 0 Å². The van der Waals surface area contributed by atoms with E-state index in [1.54, 1.807) is 0 Å². The second-order valence-electron chi connectivity index (χ2n) is 9.38. The van der Waals surface area contributed by atoms with Crippen LogP contribution >= 0.6 is 0 Å². The number of nitrogens with two attached hydrogens (primary N) is 1. The van der Waals surface area contributed by atoms with E-state index in [9.17, 15) is 13.2 Å². The number of halogens is 3. The molecule has 1 aliphatic heterocycles. The van der Waals surface area contributed by atoms with E-state index >= 15 is 0 Å². The summed E-state index contributed by atoms with van der Waals surface area (Å²) in [5.41, 5.74) is 7.98. The third-order valence-electron chi connectivity index (χ3n) is 6.96. The average Bonchev–Trinajstić information content (AvgIpc) is 3.51. The van der Waals surface area contributed by atoms with E-state index in [1.807, 2.05) is 12.4 Å². The van der Waals surface area contributed by atoms with Gasteiger partial charge in [0.25, 0.3) is 0 Å². The Kier molecular flexibility index (Phi) is 5.39. The van der Waals surface area contributed by atoms with Gasteiger partial charge in [0.15, 0.2) is 17.2 Å². The van der Waals surface area contributed by atoms with E-state index in [0.717, 1.165) is 62.3 Å². The zero-order chi connectivity index (χ0) is 25.0. The van der Waals surface area contributed by atoms with Crippen LogP contribution in [0.4, 0.5) is 19.0 Å². The van der Waals surface area contributed by atoms with Gasteiger partial charge in [-0.15, -0.1) is 0 Å². The summed E-state index contributed by atoms with van der Waals surface area (Å²) >= 11 is 0. The molecule has 2 aliphatic rings. The second kappa shape index (κ2) is 8.50. The van der Waals surface area contributed by atoms with Gasteiger partial charge in [0.05, 0.1) is 10.9 Å². The molecule has 188 valence electrons. The van der Waals surface area contributed by atoms with Gasteiger partial charge in [-0.05, 0) is 57.2 Å². The van der Waals surface area contributed by atoms with Crippen LogP contribution in [0.15, 0.2) is 23.2 Å². The smallest absolute Gasteiger partial charge is 0.383 e. The Morgan fingerprint density at radius 2 is 1.75 bits per heavy atom. The van der Waals surface area contributed by atoms with Crippen LogP contribution < -0.4 is 11.1 Å². The van der Waals surface area contributed by atoms with Crippen LogP contribution in [-0.4, -0.2) is 54.1 Å². The number of anilines is 1. The number of fused-ring (bicyclic) bond motifs is 1. The van der Waals surface area contributed by atoms with Gasteiger partial charge in [-0.25, -0.2) is 24.6 Å². The molecule has 6 rings (SSSR count). The molecule has 0 spiro atoms. The van der Waals surface area contributed by atoms with Crippen molar-refractivity contribution in [3.05, 3.63) is 30.0 Å². The summed E-state index contributed by atoms with van der Waals surface area (Å²) < 4.78 is 47.4. The molecular formula is C23H24F3N9O. The highest BCUT2D eigenvalue weighted by atomic mass is 19.4. The Hall–Kier alpha value is -3.61. The van der Waals surface area contributed by atoms with Crippen LogP contribution in [0.1, 0.15) is 61.8 Å². The summed E-state index contributed by atoms with van der Waals surface area (Å²) in [5.74, 6) is 1.50. The molecule has 0 bridgehead atoms. The number of hydrogen-bond acceptors (Lipinski definition) is 9. The number of nitrogens with one attached hydrogen (secondary N) is 1. The van der Waals surface area contributed by atoms with Crippen molar-refractivity contribution in [2.75, 3.05) is 18.8 Å². The molecule has 1 saturated carbocycles. The molecule has 1 saturated heterocycles. The Labute approximate surface area is 203 Å². The molecule has 13 heteroatoms.